The molecule has 1 aliphatic carbocycles. The molecule has 0 aromatic carbocycles. The number of pyridine rings is 1. The summed E-state index contributed by atoms with van der Waals surface area (Å²) in [5.74, 6) is -1.52. The Morgan fingerprint density at radius 2 is 2.13 bits per heavy atom. The highest BCUT2D eigenvalue weighted by atomic mass is 19.1. The lowest BCUT2D eigenvalue weighted by atomic mass is 10.3. The lowest BCUT2D eigenvalue weighted by Gasteiger charge is -2.06. The molecule has 0 atom stereocenters. The molecule has 1 saturated carbocycles. The van der Waals surface area contributed by atoms with Crippen molar-refractivity contribution < 1.29 is 13.5 Å². The van der Waals surface area contributed by atoms with Crippen molar-refractivity contribution >= 4 is 5.82 Å². The number of anilines is 1. The van der Waals surface area contributed by atoms with Crippen LogP contribution in [0.5, 0.6) is 5.88 Å². The lowest BCUT2D eigenvalue weighted by molar-refractivity contribution is 0.275. The van der Waals surface area contributed by atoms with Crippen molar-refractivity contribution in [3.63, 3.8) is 0 Å². The van der Waals surface area contributed by atoms with Crippen LogP contribution >= 0.6 is 0 Å². The fourth-order valence-electron chi connectivity index (χ4n) is 1.29. The maximum Gasteiger partial charge on any atom is 0.252 e. The van der Waals surface area contributed by atoms with Crippen LogP contribution in [0, 0.1) is 17.6 Å². The number of halogens is 2. The first-order valence-electron chi connectivity index (χ1n) is 4.91. The molecule has 0 radical (unpaired) electrons. The van der Waals surface area contributed by atoms with Crippen LogP contribution in [-0.4, -0.2) is 11.6 Å². The first-order valence-corrected chi connectivity index (χ1v) is 4.91. The van der Waals surface area contributed by atoms with Crippen LogP contribution < -0.4 is 10.5 Å². The molecule has 0 bridgehead atoms. The van der Waals surface area contributed by atoms with Gasteiger partial charge in [-0.1, -0.05) is 12.8 Å². The number of nitrogens with zero attached hydrogens (tertiary/aromatic N) is 1. The van der Waals surface area contributed by atoms with Gasteiger partial charge in [-0.05, 0) is 12.3 Å². The minimum absolute atomic E-state index is 0.213. The summed E-state index contributed by atoms with van der Waals surface area (Å²) in [6.07, 6.45) is 3.31. The Kier molecular flexibility index (Phi) is 2.70. The second-order valence-electron chi connectivity index (χ2n) is 3.72. The summed E-state index contributed by atoms with van der Waals surface area (Å²) in [7, 11) is 0. The predicted octanol–water partition coefficient (Wildman–Crippen LogP) is 2.12. The molecule has 15 heavy (non-hydrogen) atoms. The maximum atomic E-state index is 13.1. The molecule has 0 amide bonds. The van der Waals surface area contributed by atoms with Crippen molar-refractivity contribution in [2.45, 2.75) is 19.3 Å². The van der Waals surface area contributed by atoms with Gasteiger partial charge in [0.2, 0.25) is 0 Å². The van der Waals surface area contributed by atoms with Gasteiger partial charge in [0.05, 0.1) is 6.61 Å². The van der Waals surface area contributed by atoms with E-state index < -0.39 is 11.6 Å². The van der Waals surface area contributed by atoms with Crippen LogP contribution in [-0.2, 0) is 0 Å². The normalized spacial score (nSPS) is 15.3. The standard InChI is InChI=1S/C10H12F2N2O/c11-7-5-8(12)10(14-9(7)13)15-4-3-6-1-2-6/h5-6H,1-4H2,(H2,13,14). The molecule has 82 valence electrons. The van der Waals surface area contributed by atoms with Crippen molar-refractivity contribution in [3.05, 3.63) is 17.7 Å². The van der Waals surface area contributed by atoms with E-state index in [9.17, 15) is 8.78 Å². The van der Waals surface area contributed by atoms with E-state index in [1.165, 1.54) is 12.8 Å². The third-order valence-electron chi connectivity index (χ3n) is 2.39. The number of ether oxygens (including phenoxy) is 1. The van der Waals surface area contributed by atoms with E-state index in [2.05, 4.69) is 4.98 Å². The van der Waals surface area contributed by atoms with E-state index in [-0.39, 0.29) is 11.7 Å². The minimum Gasteiger partial charge on any atom is -0.476 e. The molecule has 1 fully saturated rings. The summed E-state index contributed by atoms with van der Waals surface area (Å²) in [6, 6.07) is 0.689. The van der Waals surface area contributed by atoms with E-state index in [1.807, 2.05) is 0 Å². The molecule has 2 rings (SSSR count). The summed E-state index contributed by atoms with van der Waals surface area (Å²) < 4.78 is 30.9. The van der Waals surface area contributed by atoms with Crippen LogP contribution in [0.1, 0.15) is 19.3 Å². The monoisotopic (exact) mass is 214 g/mol. The number of nitrogens with two attached hydrogens (primary N) is 1. The summed E-state index contributed by atoms with van der Waals surface area (Å²) in [5, 5.41) is 0. The first kappa shape index (κ1) is 10.1. The van der Waals surface area contributed by atoms with Gasteiger partial charge in [-0.2, -0.15) is 4.98 Å². The Bertz CT molecular complexity index is 367. The van der Waals surface area contributed by atoms with Gasteiger partial charge in [0.1, 0.15) is 0 Å². The third kappa shape index (κ3) is 2.55. The summed E-state index contributed by atoms with van der Waals surface area (Å²) in [5.41, 5.74) is 5.20. The second kappa shape index (κ2) is 4.00. The number of hydrogen-bond donors (Lipinski definition) is 1. The van der Waals surface area contributed by atoms with Crippen molar-refractivity contribution in [2.24, 2.45) is 5.92 Å². The van der Waals surface area contributed by atoms with Gasteiger partial charge in [-0.25, -0.2) is 8.78 Å². The summed E-state index contributed by atoms with van der Waals surface area (Å²) in [6.45, 7) is 0.402. The quantitative estimate of drug-likeness (QED) is 0.835. The highest BCUT2D eigenvalue weighted by Crippen LogP contribution is 2.32. The molecule has 1 aromatic heterocycles. The third-order valence-corrected chi connectivity index (χ3v) is 2.39. The Morgan fingerprint density at radius 1 is 1.40 bits per heavy atom. The Morgan fingerprint density at radius 3 is 2.80 bits per heavy atom. The van der Waals surface area contributed by atoms with Gasteiger partial charge in [0.25, 0.3) is 5.88 Å². The maximum absolute atomic E-state index is 13.1. The Balaban J connectivity index is 1.96. The van der Waals surface area contributed by atoms with Crippen LogP contribution in [0.25, 0.3) is 0 Å². The van der Waals surface area contributed by atoms with Crippen molar-refractivity contribution in [3.8, 4) is 5.88 Å². The largest absolute Gasteiger partial charge is 0.476 e. The fourth-order valence-corrected chi connectivity index (χ4v) is 1.29. The zero-order valence-corrected chi connectivity index (χ0v) is 8.17. The van der Waals surface area contributed by atoms with E-state index in [0.717, 1.165) is 6.42 Å². The van der Waals surface area contributed by atoms with Crippen LogP contribution in [0.2, 0.25) is 0 Å². The molecular formula is C10H12F2N2O. The molecule has 0 unspecified atom stereocenters. The lowest BCUT2D eigenvalue weighted by Crippen LogP contribution is -2.05. The molecule has 2 N–H and O–H groups in total. The van der Waals surface area contributed by atoms with Crippen LogP contribution in [0.15, 0.2) is 6.07 Å². The minimum atomic E-state index is -0.859. The van der Waals surface area contributed by atoms with Gasteiger partial charge in [0, 0.05) is 6.07 Å². The second-order valence-corrected chi connectivity index (χ2v) is 3.72. The van der Waals surface area contributed by atoms with Crippen molar-refractivity contribution in [2.75, 3.05) is 12.3 Å². The smallest absolute Gasteiger partial charge is 0.252 e. The van der Waals surface area contributed by atoms with E-state index in [0.29, 0.717) is 18.6 Å². The molecule has 3 nitrogen and oxygen atoms in total. The fraction of sp³-hybridized carbons (Fsp3) is 0.500. The first-order chi connectivity index (χ1) is 7.16. The average Bonchev–Trinajstić information content (AvgIpc) is 2.97. The molecule has 0 spiro atoms. The van der Waals surface area contributed by atoms with Gasteiger partial charge < -0.3 is 10.5 Å². The molecule has 5 heteroatoms. The topological polar surface area (TPSA) is 48.1 Å². The zero-order valence-electron chi connectivity index (χ0n) is 8.17. The zero-order chi connectivity index (χ0) is 10.8. The van der Waals surface area contributed by atoms with Crippen LogP contribution in [0.3, 0.4) is 0 Å². The van der Waals surface area contributed by atoms with E-state index in [1.54, 1.807) is 0 Å². The van der Waals surface area contributed by atoms with Gasteiger partial charge in [-0.3, -0.25) is 0 Å². The summed E-state index contributed by atoms with van der Waals surface area (Å²) in [4.78, 5) is 3.50. The Hall–Kier alpha value is -1.39. The van der Waals surface area contributed by atoms with E-state index in [4.69, 9.17) is 10.5 Å². The number of aromatic nitrogens is 1. The SMILES string of the molecule is Nc1nc(OCCC2CC2)c(F)cc1F. The molecule has 0 saturated heterocycles. The van der Waals surface area contributed by atoms with E-state index >= 15 is 0 Å². The molecule has 0 aliphatic heterocycles. The highest BCUT2D eigenvalue weighted by molar-refractivity contribution is 5.34. The van der Waals surface area contributed by atoms with Crippen molar-refractivity contribution in [1.82, 2.24) is 4.98 Å². The Labute approximate surface area is 86.3 Å². The van der Waals surface area contributed by atoms with Crippen LogP contribution in [0.4, 0.5) is 14.6 Å². The highest BCUT2D eigenvalue weighted by Gasteiger charge is 2.21. The molecule has 1 heterocycles. The van der Waals surface area contributed by atoms with Gasteiger partial charge in [-0.15, -0.1) is 0 Å². The number of rotatable bonds is 4. The molecule has 1 aromatic rings. The number of hydrogen-bond acceptors (Lipinski definition) is 3. The summed E-state index contributed by atoms with van der Waals surface area (Å²) >= 11 is 0. The molecular weight excluding hydrogens is 202 g/mol. The van der Waals surface area contributed by atoms with Gasteiger partial charge >= 0.3 is 0 Å². The van der Waals surface area contributed by atoms with Crippen molar-refractivity contribution in [1.29, 1.82) is 0 Å². The average molecular weight is 214 g/mol. The number of nitrogen functional groups attached to an aromatic ring is 1. The van der Waals surface area contributed by atoms with Gasteiger partial charge in [0.15, 0.2) is 17.5 Å². The predicted molar refractivity (Wildman–Crippen MR) is 51.4 cm³/mol. The molecule has 1 aliphatic rings.